The van der Waals surface area contributed by atoms with Crippen molar-refractivity contribution in [2.45, 2.75) is 38.4 Å². The maximum Gasteiger partial charge on any atom is 0.297 e. The predicted octanol–water partition coefficient (Wildman–Crippen LogP) is 5.07. The van der Waals surface area contributed by atoms with Crippen LogP contribution in [0.3, 0.4) is 0 Å². The van der Waals surface area contributed by atoms with Crippen LogP contribution in [0.5, 0.6) is 5.75 Å². The molecule has 0 saturated heterocycles. The first-order valence-corrected chi connectivity index (χ1v) is 11.7. The Hall–Kier alpha value is -3.26. The standard InChI is InChI=1S/C24H25N3O4S/c1-3-5-14-27-23(29)22-21(18-8-6-7-9-19(18)31-22)26-24(27)32-15-20(28)25-16-10-12-17(13-11-16)30-4-2/h6-13H,3-5,14-15H2,1-2H3,(H,25,28). The Balaban J connectivity index is 1.57. The van der Waals surface area contributed by atoms with Crippen LogP contribution >= 0.6 is 11.8 Å². The smallest absolute Gasteiger partial charge is 0.297 e. The van der Waals surface area contributed by atoms with Crippen LogP contribution < -0.4 is 15.6 Å². The number of ether oxygens (including phenoxy) is 1. The highest BCUT2D eigenvalue weighted by atomic mass is 32.2. The number of anilines is 1. The summed E-state index contributed by atoms with van der Waals surface area (Å²) in [5, 5.41) is 4.18. The SMILES string of the molecule is CCCCn1c(SCC(=O)Nc2ccc(OCC)cc2)nc2c(oc3ccccc32)c1=O. The third-order valence-corrected chi connectivity index (χ3v) is 5.94. The van der Waals surface area contributed by atoms with Crippen LogP contribution in [0, 0.1) is 0 Å². The Bertz CT molecular complexity index is 1290. The zero-order chi connectivity index (χ0) is 22.5. The third kappa shape index (κ3) is 4.65. The molecule has 0 fully saturated rings. The van der Waals surface area contributed by atoms with E-state index in [9.17, 15) is 9.59 Å². The molecule has 166 valence electrons. The number of unbranched alkanes of at least 4 members (excludes halogenated alkanes) is 1. The number of amides is 1. The van der Waals surface area contributed by atoms with Crippen molar-refractivity contribution in [3.8, 4) is 5.75 Å². The van der Waals surface area contributed by atoms with E-state index in [0.717, 1.165) is 24.0 Å². The molecule has 8 heteroatoms. The number of carbonyl (C=O) groups excluding carboxylic acids is 1. The van der Waals surface area contributed by atoms with Crippen LogP contribution in [-0.2, 0) is 11.3 Å². The molecule has 0 spiro atoms. The predicted molar refractivity (Wildman–Crippen MR) is 128 cm³/mol. The highest BCUT2D eigenvalue weighted by Gasteiger charge is 2.18. The highest BCUT2D eigenvalue weighted by Crippen LogP contribution is 2.27. The third-order valence-electron chi connectivity index (χ3n) is 4.96. The van der Waals surface area contributed by atoms with Gasteiger partial charge in [-0.15, -0.1) is 0 Å². The van der Waals surface area contributed by atoms with E-state index in [1.807, 2.05) is 43.3 Å². The largest absolute Gasteiger partial charge is 0.494 e. The van der Waals surface area contributed by atoms with Gasteiger partial charge in [-0.05, 0) is 49.7 Å². The van der Waals surface area contributed by atoms with Crippen LogP contribution in [0.4, 0.5) is 5.69 Å². The van der Waals surface area contributed by atoms with Gasteiger partial charge in [0.1, 0.15) is 16.8 Å². The Labute approximate surface area is 189 Å². The maximum atomic E-state index is 13.1. The van der Waals surface area contributed by atoms with E-state index < -0.39 is 0 Å². The first kappa shape index (κ1) is 22.0. The quantitative estimate of drug-likeness (QED) is 0.282. The van der Waals surface area contributed by atoms with E-state index >= 15 is 0 Å². The van der Waals surface area contributed by atoms with E-state index in [1.165, 1.54) is 11.8 Å². The summed E-state index contributed by atoms with van der Waals surface area (Å²) in [6.07, 6.45) is 1.77. The number of rotatable bonds is 9. The summed E-state index contributed by atoms with van der Waals surface area (Å²) in [4.78, 5) is 30.4. The Kier molecular flexibility index (Phi) is 6.80. The number of fused-ring (bicyclic) bond motifs is 3. The monoisotopic (exact) mass is 451 g/mol. The summed E-state index contributed by atoms with van der Waals surface area (Å²) in [5.74, 6) is 0.713. The molecule has 0 saturated carbocycles. The molecule has 4 rings (SSSR count). The number of para-hydroxylation sites is 1. The highest BCUT2D eigenvalue weighted by molar-refractivity contribution is 7.99. The summed E-state index contributed by atoms with van der Waals surface area (Å²) < 4.78 is 12.8. The van der Waals surface area contributed by atoms with Gasteiger partial charge in [0, 0.05) is 17.6 Å². The number of carbonyl (C=O) groups is 1. The Morgan fingerprint density at radius 3 is 2.69 bits per heavy atom. The summed E-state index contributed by atoms with van der Waals surface area (Å²) in [5.41, 5.74) is 1.89. The van der Waals surface area contributed by atoms with Crippen LogP contribution in [-0.4, -0.2) is 27.8 Å². The second kappa shape index (κ2) is 9.91. The second-order valence-corrected chi connectivity index (χ2v) is 8.22. The molecule has 0 aliphatic heterocycles. The van der Waals surface area contributed by atoms with Crippen LogP contribution in [0.1, 0.15) is 26.7 Å². The zero-order valence-corrected chi connectivity index (χ0v) is 18.9. The molecule has 2 aromatic carbocycles. The Morgan fingerprint density at radius 2 is 1.94 bits per heavy atom. The van der Waals surface area contributed by atoms with Gasteiger partial charge >= 0.3 is 0 Å². The van der Waals surface area contributed by atoms with Crippen LogP contribution in [0.25, 0.3) is 22.1 Å². The number of aromatic nitrogens is 2. The number of nitrogens with one attached hydrogen (secondary N) is 1. The average molecular weight is 452 g/mol. The van der Waals surface area contributed by atoms with Crippen LogP contribution in [0.2, 0.25) is 0 Å². The molecule has 2 aromatic heterocycles. The lowest BCUT2D eigenvalue weighted by Gasteiger charge is -2.11. The van der Waals surface area contributed by atoms with E-state index in [2.05, 4.69) is 12.2 Å². The lowest BCUT2D eigenvalue weighted by atomic mass is 10.2. The molecule has 4 aromatic rings. The number of hydrogen-bond acceptors (Lipinski definition) is 6. The molecule has 0 unspecified atom stereocenters. The van der Waals surface area contributed by atoms with Gasteiger partial charge in [0.15, 0.2) is 5.16 Å². The van der Waals surface area contributed by atoms with E-state index in [1.54, 1.807) is 16.7 Å². The van der Waals surface area contributed by atoms with Gasteiger partial charge in [-0.2, -0.15) is 0 Å². The second-order valence-electron chi connectivity index (χ2n) is 7.27. The molecule has 1 N–H and O–H groups in total. The fourth-order valence-electron chi connectivity index (χ4n) is 3.41. The maximum absolute atomic E-state index is 13.1. The molecular formula is C24H25N3O4S. The van der Waals surface area contributed by atoms with Gasteiger partial charge in [-0.25, -0.2) is 4.98 Å². The average Bonchev–Trinajstić information content (AvgIpc) is 3.18. The summed E-state index contributed by atoms with van der Waals surface area (Å²) >= 11 is 1.25. The number of benzene rings is 2. The molecule has 0 aliphatic rings. The van der Waals surface area contributed by atoms with Crippen molar-refractivity contribution >= 4 is 45.4 Å². The van der Waals surface area contributed by atoms with E-state index in [-0.39, 0.29) is 22.8 Å². The van der Waals surface area contributed by atoms with Gasteiger partial charge < -0.3 is 14.5 Å². The molecule has 0 radical (unpaired) electrons. The summed E-state index contributed by atoms with van der Waals surface area (Å²) in [6, 6.07) is 14.7. The first-order valence-electron chi connectivity index (χ1n) is 10.7. The summed E-state index contributed by atoms with van der Waals surface area (Å²) in [6.45, 7) is 5.10. The molecule has 0 aliphatic carbocycles. The van der Waals surface area contributed by atoms with Gasteiger partial charge in [0.2, 0.25) is 11.5 Å². The van der Waals surface area contributed by atoms with Gasteiger partial charge in [0.25, 0.3) is 5.56 Å². The van der Waals surface area contributed by atoms with Crippen molar-refractivity contribution in [1.29, 1.82) is 0 Å². The van der Waals surface area contributed by atoms with E-state index in [4.69, 9.17) is 14.1 Å². The zero-order valence-electron chi connectivity index (χ0n) is 18.1. The lowest BCUT2D eigenvalue weighted by Crippen LogP contribution is -2.24. The number of nitrogens with zero attached hydrogens (tertiary/aromatic N) is 2. The first-order chi connectivity index (χ1) is 15.6. The fraction of sp³-hybridized carbons (Fsp3) is 0.292. The topological polar surface area (TPSA) is 86.4 Å². The molecule has 0 atom stereocenters. The fourth-order valence-corrected chi connectivity index (χ4v) is 4.22. The van der Waals surface area contributed by atoms with Gasteiger partial charge in [0.05, 0.1) is 12.4 Å². The van der Waals surface area contributed by atoms with Crippen molar-refractivity contribution in [1.82, 2.24) is 9.55 Å². The Morgan fingerprint density at radius 1 is 1.16 bits per heavy atom. The minimum Gasteiger partial charge on any atom is -0.494 e. The minimum absolute atomic E-state index is 0.132. The summed E-state index contributed by atoms with van der Waals surface area (Å²) in [7, 11) is 0. The van der Waals surface area contributed by atoms with E-state index in [0.29, 0.717) is 35.1 Å². The van der Waals surface area contributed by atoms with Crippen molar-refractivity contribution < 1.29 is 13.9 Å². The van der Waals surface area contributed by atoms with Crippen molar-refractivity contribution in [3.05, 3.63) is 58.9 Å². The lowest BCUT2D eigenvalue weighted by molar-refractivity contribution is -0.113. The van der Waals surface area contributed by atoms with Gasteiger partial charge in [-0.1, -0.05) is 37.2 Å². The molecule has 0 bridgehead atoms. The molecule has 32 heavy (non-hydrogen) atoms. The van der Waals surface area contributed by atoms with Crippen LogP contribution in [0.15, 0.2) is 62.9 Å². The minimum atomic E-state index is -0.214. The molecular weight excluding hydrogens is 426 g/mol. The molecule has 2 heterocycles. The normalized spacial score (nSPS) is 11.2. The number of thioether (sulfide) groups is 1. The van der Waals surface area contributed by atoms with Crippen molar-refractivity contribution in [2.24, 2.45) is 0 Å². The van der Waals surface area contributed by atoms with Crippen molar-refractivity contribution in [3.63, 3.8) is 0 Å². The van der Waals surface area contributed by atoms with Gasteiger partial charge in [-0.3, -0.25) is 14.2 Å². The molecule has 7 nitrogen and oxygen atoms in total. The molecule has 1 amide bonds. The number of furan rings is 1. The number of hydrogen-bond donors (Lipinski definition) is 1. The van der Waals surface area contributed by atoms with Crippen molar-refractivity contribution in [2.75, 3.05) is 17.7 Å².